The van der Waals surface area contributed by atoms with Crippen LogP contribution in [0.1, 0.15) is 18.9 Å². The van der Waals surface area contributed by atoms with Crippen LogP contribution in [0.4, 0.5) is 0 Å². The van der Waals surface area contributed by atoms with E-state index in [9.17, 15) is 4.79 Å². The topological polar surface area (TPSA) is 58.4 Å². The van der Waals surface area contributed by atoms with Gasteiger partial charge in [-0.2, -0.15) is 0 Å². The summed E-state index contributed by atoms with van der Waals surface area (Å²) in [6.07, 6.45) is 1.01. The molecule has 0 aliphatic carbocycles. The summed E-state index contributed by atoms with van der Waals surface area (Å²) in [5.41, 5.74) is 6.86. The lowest BCUT2D eigenvalue weighted by molar-refractivity contribution is -0.122. The molecule has 1 fully saturated rings. The zero-order valence-corrected chi connectivity index (χ0v) is 10.8. The number of hydrogen-bond donors (Lipinski definition) is 2. The van der Waals surface area contributed by atoms with Crippen LogP contribution in [0.5, 0.6) is 0 Å². The lowest BCUT2D eigenvalue weighted by Crippen LogP contribution is -2.44. The molecule has 4 heteroatoms. The molecule has 1 saturated heterocycles. The van der Waals surface area contributed by atoms with Crippen molar-refractivity contribution in [1.82, 2.24) is 10.2 Å². The standard InChI is InChI=1S/C14H21N3O/c1-11(15)14(18)16-13-7-8-17(10-13)9-12-5-3-2-4-6-12/h2-6,11,13H,7-10,15H2,1H3,(H,16,18)/t11-,13-/m0/s1. The Morgan fingerprint density at radius 3 is 2.89 bits per heavy atom. The molecule has 2 rings (SSSR count). The number of likely N-dealkylation sites (tertiary alicyclic amines) is 1. The minimum atomic E-state index is -0.423. The van der Waals surface area contributed by atoms with Gasteiger partial charge >= 0.3 is 0 Å². The molecular formula is C14H21N3O. The number of nitrogens with zero attached hydrogens (tertiary/aromatic N) is 1. The molecule has 1 aromatic carbocycles. The summed E-state index contributed by atoms with van der Waals surface area (Å²) in [5, 5.41) is 2.99. The number of carbonyl (C=O) groups is 1. The number of nitrogens with two attached hydrogens (primary N) is 1. The van der Waals surface area contributed by atoms with E-state index in [1.54, 1.807) is 6.92 Å². The van der Waals surface area contributed by atoms with Gasteiger partial charge in [-0.1, -0.05) is 30.3 Å². The molecule has 0 unspecified atom stereocenters. The Labute approximate surface area is 108 Å². The van der Waals surface area contributed by atoms with Gasteiger partial charge in [0.15, 0.2) is 0 Å². The Kier molecular flexibility index (Phi) is 4.33. The molecule has 1 aliphatic rings. The molecule has 1 aliphatic heterocycles. The summed E-state index contributed by atoms with van der Waals surface area (Å²) in [4.78, 5) is 13.9. The third kappa shape index (κ3) is 3.55. The molecule has 1 amide bonds. The second-order valence-corrected chi connectivity index (χ2v) is 5.00. The van der Waals surface area contributed by atoms with Crippen LogP contribution in [-0.4, -0.2) is 36.0 Å². The zero-order chi connectivity index (χ0) is 13.0. The van der Waals surface area contributed by atoms with Crippen molar-refractivity contribution >= 4 is 5.91 Å². The summed E-state index contributed by atoms with van der Waals surface area (Å²) in [6.45, 7) is 4.60. The van der Waals surface area contributed by atoms with Gasteiger partial charge in [0.1, 0.15) is 0 Å². The highest BCUT2D eigenvalue weighted by molar-refractivity contribution is 5.81. The van der Waals surface area contributed by atoms with Crippen molar-refractivity contribution in [1.29, 1.82) is 0 Å². The number of carbonyl (C=O) groups excluding carboxylic acids is 1. The second kappa shape index (κ2) is 5.98. The van der Waals surface area contributed by atoms with E-state index in [2.05, 4.69) is 34.5 Å². The fourth-order valence-corrected chi connectivity index (χ4v) is 2.27. The van der Waals surface area contributed by atoms with E-state index in [1.165, 1.54) is 5.56 Å². The van der Waals surface area contributed by atoms with Crippen LogP contribution in [0, 0.1) is 0 Å². The van der Waals surface area contributed by atoms with Crippen LogP contribution in [0.3, 0.4) is 0 Å². The second-order valence-electron chi connectivity index (χ2n) is 5.00. The first-order valence-electron chi connectivity index (χ1n) is 6.47. The van der Waals surface area contributed by atoms with E-state index in [1.807, 2.05) is 6.07 Å². The highest BCUT2D eigenvalue weighted by atomic mass is 16.2. The number of rotatable bonds is 4. The van der Waals surface area contributed by atoms with Crippen molar-refractivity contribution in [2.75, 3.05) is 13.1 Å². The maximum Gasteiger partial charge on any atom is 0.236 e. The third-order valence-electron chi connectivity index (χ3n) is 3.28. The molecule has 0 bridgehead atoms. The van der Waals surface area contributed by atoms with Crippen LogP contribution in [0.15, 0.2) is 30.3 Å². The van der Waals surface area contributed by atoms with Crippen molar-refractivity contribution in [3.8, 4) is 0 Å². The van der Waals surface area contributed by atoms with Gasteiger partial charge in [0.25, 0.3) is 0 Å². The van der Waals surface area contributed by atoms with Gasteiger partial charge in [-0.15, -0.1) is 0 Å². The highest BCUT2D eigenvalue weighted by Crippen LogP contribution is 2.13. The Morgan fingerprint density at radius 1 is 1.50 bits per heavy atom. The Hall–Kier alpha value is -1.39. The van der Waals surface area contributed by atoms with Crippen molar-refractivity contribution in [3.63, 3.8) is 0 Å². The summed E-state index contributed by atoms with van der Waals surface area (Å²) < 4.78 is 0. The summed E-state index contributed by atoms with van der Waals surface area (Å²) in [7, 11) is 0. The number of hydrogen-bond acceptors (Lipinski definition) is 3. The van der Waals surface area contributed by atoms with Gasteiger partial charge in [-0.25, -0.2) is 0 Å². The normalized spacial score (nSPS) is 21.8. The zero-order valence-electron chi connectivity index (χ0n) is 10.8. The fourth-order valence-electron chi connectivity index (χ4n) is 2.27. The first-order chi connectivity index (χ1) is 8.65. The highest BCUT2D eigenvalue weighted by Gasteiger charge is 2.24. The van der Waals surface area contributed by atoms with Crippen LogP contribution in [-0.2, 0) is 11.3 Å². The molecule has 2 atom stereocenters. The largest absolute Gasteiger partial charge is 0.351 e. The smallest absolute Gasteiger partial charge is 0.236 e. The van der Waals surface area contributed by atoms with E-state index in [4.69, 9.17) is 5.73 Å². The fraction of sp³-hybridized carbons (Fsp3) is 0.500. The quantitative estimate of drug-likeness (QED) is 0.824. The predicted octanol–water partition coefficient (Wildman–Crippen LogP) is 0.724. The van der Waals surface area contributed by atoms with Gasteiger partial charge in [0.05, 0.1) is 6.04 Å². The molecule has 18 heavy (non-hydrogen) atoms. The van der Waals surface area contributed by atoms with Crippen LogP contribution in [0.2, 0.25) is 0 Å². The van der Waals surface area contributed by atoms with E-state index in [-0.39, 0.29) is 11.9 Å². The average Bonchev–Trinajstić information content (AvgIpc) is 2.77. The molecule has 0 radical (unpaired) electrons. The molecular weight excluding hydrogens is 226 g/mol. The molecule has 0 aromatic heterocycles. The van der Waals surface area contributed by atoms with Crippen molar-refractivity contribution in [2.45, 2.75) is 32.0 Å². The predicted molar refractivity (Wildman–Crippen MR) is 71.9 cm³/mol. The molecule has 0 saturated carbocycles. The van der Waals surface area contributed by atoms with Crippen LogP contribution < -0.4 is 11.1 Å². The SMILES string of the molecule is C[C@H](N)C(=O)N[C@H]1CCN(Cc2ccccc2)C1. The minimum absolute atomic E-state index is 0.0541. The van der Waals surface area contributed by atoms with E-state index < -0.39 is 6.04 Å². The first-order valence-corrected chi connectivity index (χ1v) is 6.47. The maximum absolute atomic E-state index is 11.5. The summed E-state index contributed by atoms with van der Waals surface area (Å²) in [6, 6.07) is 10.2. The van der Waals surface area contributed by atoms with Crippen LogP contribution in [0.25, 0.3) is 0 Å². The molecule has 1 heterocycles. The van der Waals surface area contributed by atoms with E-state index >= 15 is 0 Å². The van der Waals surface area contributed by atoms with Gasteiger partial charge in [-0.3, -0.25) is 9.69 Å². The van der Waals surface area contributed by atoms with Gasteiger partial charge < -0.3 is 11.1 Å². The first kappa shape index (κ1) is 13.1. The van der Waals surface area contributed by atoms with Crippen molar-refractivity contribution < 1.29 is 4.79 Å². The molecule has 3 N–H and O–H groups in total. The molecule has 1 aromatic rings. The van der Waals surface area contributed by atoms with Gasteiger partial charge in [-0.05, 0) is 18.9 Å². The van der Waals surface area contributed by atoms with Crippen molar-refractivity contribution in [3.05, 3.63) is 35.9 Å². The van der Waals surface area contributed by atoms with Crippen molar-refractivity contribution in [2.24, 2.45) is 5.73 Å². The summed E-state index contributed by atoms with van der Waals surface area (Å²) in [5.74, 6) is -0.0541. The van der Waals surface area contributed by atoms with E-state index in [0.717, 1.165) is 26.1 Å². The Balaban J connectivity index is 1.80. The van der Waals surface area contributed by atoms with E-state index in [0.29, 0.717) is 0 Å². The average molecular weight is 247 g/mol. The lowest BCUT2D eigenvalue weighted by Gasteiger charge is -2.17. The lowest BCUT2D eigenvalue weighted by atomic mass is 10.2. The number of benzene rings is 1. The third-order valence-corrected chi connectivity index (χ3v) is 3.28. The Morgan fingerprint density at radius 2 is 2.22 bits per heavy atom. The Bertz CT molecular complexity index is 391. The molecule has 0 spiro atoms. The number of amides is 1. The maximum atomic E-state index is 11.5. The molecule has 98 valence electrons. The molecule has 4 nitrogen and oxygen atoms in total. The van der Waals surface area contributed by atoms with Crippen LogP contribution >= 0.6 is 0 Å². The van der Waals surface area contributed by atoms with Gasteiger partial charge in [0, 0.05) is 25.7 Å². The number of nitrogens with one attached hydrogen (secondary N) is 1. The van der Waals surface area contributed by atoms with Gasteiger partial charge in [0.2, 0.25) is 5.91 Å². The minimum Gasteiger partial charge on any atom is -0.351 e. The monoisotopic (exact) mass is 247 g/mol. The summed E-state index contributed by atoms with van der Waals surface area (Å²) >= 11 is 0.